The van der Waals surface area contributed by atoms with Gasteiger partial charge in [0.1, 0.15) is 17.9 Å². The normalized spacial score (nSPS) is 17.3. The van der Waals surface area contributed by atoms with Gasteiger partial charge in [-0.15, -0.1) is 0 Å². The lowest BCUT2D eigenvalue weighted by Crippen LogP contribution is -2.41. The molecule has 0 aliphatic carbocycles. The van der Waals surface area contributed by atoms with E-state index in [0.29, 0.717) is 11.2 Å². The predicted octanol–water partition coefficient (Wildman–Crippen LogP) is 2.38. The number of anilines is 1. The van der Waals surface area contributed by atoms with Crippen LogP contribution in [0.2, 0.25) is 0 Å². The van der Waals surface area contributed by atoms with Crippen LogP contribution in [-0.2, 0) is 11.2 Å². The number of imidazole rings is 1. The molecule has 3 aromatic rings. The van der Waals surface area contributed by atoms with Crippen LogP contribution >= 0.6 is 0 Å². The summed E-state index contributed by atoms with van der Waals surface area (Å²) in [5.41, 5.74) is 9.58. The molecule has 1 amide bonds. The van der Waals surface area contributed by atoms with Crippen LogP contribution in [0.25, 0.3) is 16.7 Å². The molecule has 1 aromatic carbocycles. The first-order chi connectivity index (χ1) is 12.2. The number of para-hydroxylation sites is 2. The van der Waals surface area contributed by atoms with Crippen LogP contribution < -0.4 is 10.6 Å². The maximum absolute atomic E-state index is 11.9. The molecular weight excluding hydrogens is 314 g/mol. The Labute approximate surface area is 145 Å². The Bertz CT molecular complexity index is 1030. The number of benzene rings is 1. The van der Waals surface area contributed by atoms with Gasteiger partial charge in [0, 0.05) is 6.54 Å². The summed E-state index contributed by atoms with van der Waals surface area (Å²) >= 11 is 0. The summed E-state index contributed by atoms with van der Waals surface area (Å²) in [7, 11) is 0. The molecule has 2 N–H and O–H groups in total. The molecule has 0 bridgehead atoms. The number of carbonyl (C=O) groups is 1. The second kappa shape index (κ2) is 5.78. The van der Waals surface area contributed by atoms with Crippen LogP contribution in [0.15, 0.2) is 30.3 Å². The van der Waals surface area contributed by atoms with Gasteiger partial charge in [-0.2, -0.15) is 5.26 Å². The Kier molecular flexibility index (Phi) is 3.57. The highest BCUT2D eigenvalue weighted by atomic mass is 16.1. The Hall–Kier alpha value is -3.07. The van der Waals surface area contributed by atoms with Crippen molar-refractivity contribution in [3.05, 3.63) is 41.5 Å². The van der Waals surface area contributed by atoms with E-state index in [9.17, 15) is 10.1 Å². The molecule has 1 atom stereocenters. The number of nitrogens with zero attached hydrogens (tertiary/aromatic N) is 4. The van der Waals surface area contributed by atoms with Crippen LogP contribution in [0.1, 0.15) is 30.9 Å². The topological polar surface area (TPSA) is 87.4 Å². The van der Waals surface area contributed by atoms with Gasteiger partial charge in [-0.25, -0.2) is 4.98 Å². The first kappa shape index (κ1) is 15.5. The molecule has 0 radical (unpaired) electrons. The van der Waals surface area contributed by atoms with Crippen molar-refractivity contribution in [2.24, 2.45) is 5.73 Å². The van der Waals surface area contributed by atoms with Gasteiger partial charge in [0.2, 0.25) is 5.91 Å². The van der Waals surface area contributed by atoms with Crippen LogP contribution in [0.3, 0.4) is 0 Å². The average molecular weight is 333 g/mol. The van der Waals surface area contributed by atoms with E-state index in [4.69, 9.17) is 10.7 Å². The van der Waals surface area contributed by atoms with Crippen molar-refractivity contribution in [3.8, 4) is 6.07 Å². The van der Waals surface area contributed by atoms with E-state index in [-0.39, 0.29) is 11.9 Å². The Balaban J connectivity index is 2.10. The summed E-state index contributed by atoms with van der Waals surface area (Å²) in [5.74, 6) is 0.582. The fraction of sp³-hybridized carbons (Fsp3) is 0.316. The quantitative estimate of drug-likeness (QED) is 0.797. The third-order valence-electron chi connectivity index (χ3n) is 5.01. The molecule has 1 saturated heterocycles. The largest absolute Gasteiger partial charge is 0.368 e. The van der Waals surface area contributed by atoms with Gasteiger partial charge in [-0.3, -0.25) is 9.20 Å². The standard InChI is InChI=1S/C19H19N5O/c1-2-12-10-17(23-9-5-8-16(23)18(21)25)24-15-7-4-3-6-14(15)22-19(24)13(12)11-20/h3-4,6-7,10,16H,2,5,8-9H2,1H3,(H2,21,25). The van der Waals surface area contributed by atoms with Gasteiger partial charge >= 0.3 is 0 Å². The molecule has 0 saturated carbocycles. The first-order valence-corrected chi connectivity index (χ1v) is 8.54. The summed E-state index contributed by atoms with van der Waals surface area (Å²) in [5, 5.41) is 9.68. The number of pyridine rings is 1. The van der Waals surface area contributed by atoms with Crippen molar-refractivity contribution in [2.45, 2.75) is 32.2 Å². The van der Waals surface area contributed by atoms with Gasteiger partial charge < -0.3 is 10.6 Å². The lowest BCUT2D eigenvalue weighted by molar-refractivity contribution is -0.119. The predicted molar refractivity (Wildman–Crippen MR) is 96.4 cm³/mol. The van der Waals surface area contributed by atoms with Gasteiger partial charge in [0.25, 0.3) is 0 Å². The number of fused-ring (bicyclic) bond motifs is 3. The number of hydrogen-bond acceptors (Lipinski definition) is 4. The Morgan fingerprint density at radius 2 is 2.24 bits per heavy atom. The van der Waals surface area contributed by atoms with Crippen LogP contribution in [0.5, 0.6) is 0 Å². The zero-order chi connectivity index (χ0) is 17.6. The second-order valence-electron chi connectivity index (χ2n) is 6.38. The van der Waals surface area contributed by atoms with E-state index in [0.717, 1.165) is 48.2 Å². The number of primary amides is 1. The molecule has 3 heterocycles. The number of aryl methyl sites for hydroxylation is 1. The molecule has 1 aliphatic heterocycles. The summed E-state index contributed by atoms with van der Waals surface area (Å²) in [6, 6.07) is 11.8. The molecular formula is C19H19N5O. The highest BCUT2D eigenvalue weighted by Gasteiger charge is 2.32. The fourth-order valence-corrected chi connectivity index (χ4v) is 3.81. The van der Waals surface area contributed by atoms with Crippen LogP contribution in [0, 0.1) is 11.3 Å². The van der Waals surface area contributed by atoms with E-state index >= 15 is 0 Å². The van der Waals surface area contributed by atoms with Crippen molar-refractivity contribution in [1.29, 1.82) is 5.26 Å². The zero-order valence-corrected chi connectivity index (χ0v) is 14.1. The summed E-state index contributed by atoms with van der Waals surface area (Å²) in [4.78, 5) is 18.7. The van der Waals surface area contributed by atoms with E-state index in [1.807, 2.05) is 41.7 Å². The minimum Gasteiger partial charge on any atom is -0.368 e. The third kappa shape index (κ3) is 2.23. The maximum atomic E-state index is 11.9. The Morgan fingerprint density at radius 3 is 2.96 bits per heavy atom. The van der Waals surface area contributed by atoms with Crippen molar-refractivity contribution < 1.29 is 4.79 Å². The third-order valence-corrected chi connectivity index (χ3v) is 5.01. The van der Waals surface area contributed by atoms with Crippen molar-refractivity contribution in [2.75, 3.05) is 11.4 Å². The fourth-order valence-electron chi connectivity index (χ4n) is 3.81. The highest BCUT2D eigenvalue weighted by molar-refractivity contribution is 5.88. The Morgan fingerprint density at radius 1 is 1.44 bits per heavy atom. The summed E-state index contributed by atoms with van der Waals surface area (Å²) in [6.45, 7) is 2.79. The number of aromatic nitrogens is 2. The van der Waals surface area contributed by atoms with Crippen LogP contribution in [0.4, 0.5) is 5.82 Å². The number of nitriles is 1. The summed E-state index contributed by atoms with van der Waals surface area (Å²) < 4.78 is 1.99. The molecule has 6 nitrogen and oxygen atoms in total. The number of amides is 1. The van der Waals surface area contributed by atoms with Gasteiger partial charge in [0.05, 0.1) is 16.6 Å². The van der Waals surface area contributed by atoms with Gasteiger partial charge in [-0.1, -0.05) is 19.1 Å². The molecule has 25 heavy (non-hydrogen) atoms. The van der Waals surface area contributed by atoms with E-state index in [1.54, 1.807) is 0 Å². The molecule has 0 spiro atoms. The summed E-state index contributed by atoms with van der Waals surface area (Å²) in [6.07, 6.45) is 2.40. The van der Waals surface area contributed by atoms with Crippen molar-refractivity contribution in [3.63, 3.8) is 0 Å². The van der Waals surface area contributed by atoms with Gasteiger partial charge in [0.15, 0.2) is 5.65 Å². The molecule has 1 fully saturated rings. The zero-order valence-electron chi connectivity index (χ0n) is 14.1. The van der Waals surface area contributed by atoms with E-state index in [2.05, 4.69) is 11.0 Å². The lowest BCUT2D eigenvalue weighted by atomic mass is 10.1. The van der Waals surface area contributed by atoms with E-state index < -0.39 is 0 Å². The highest BCUT2D eigenvalue weighted by Crippen LogP contribution is 2.32. The number of carbonyl (C=O) groups excluding carboxylic acids is 1. The molecule has 6 heteroatoms. The smallest absolute Gasteiger partial charge is 0.240 e. The van der Waals surface area contributed by atoms with E-state index in [1.165, 1.54) is 0 Å². The van der Waals surface area contributed by atoms with Crippen molar-refractivity contribution in [1.82, 2.24) is 9.38 Å². The molecule has 4 rings (SSSR count). The van der Waals surface area contributed by atoms with Crippen molar-refractivity contribution >= 4 is 28.4 Å². The average Bonchev–Trinajstić information content (AvgIpc) is 3.25. The minimum atomic E-state index is -0.318. The molecule has 1 unspecified atom stereocenters. The monoisotopic (exact) mass is 333 g/mol. The number of nitrogens with two attached hydrogens (primary N) is 1. The molecule has 2 aromatic heterocycles. The molecule has 1 aliphatic rings. The van der Waals surface area contributed by atoms with Crippen LogP contribution in [-0.4, -0.2) is 27.9 Å². The lowest BCUT2D eigenvalue weighted by Gasteiger charge is -2.26. The van der Waals surface area contributed by atoms with Gasteiger partial charge in [-0.05, 0) is 43.0 Å². The first-order valence-electron chi connectivity index (χ1n) is 8.54. The minimum absolute atomic E-state index is 0.308. The second-order valence-corrected chi connectivity index (χ2v) is 6.38. The number of hydrogen-bond donors (Lipinski definition) is 1. The number of rotatable bonds is 3. The molecule has 126 valence electrons. The maximum Gasteiger partial charge on any atom is 0.240 e. The SMILES string of the molecule is CCc1cc(N2CCCC2C(N)=O)n2c(nc3ccccc32)c1C#N.